The molecular weight excluding hydrogens is 961 g/mol. The van der Waals surface area contributed by atoms with Crippen LogP contribution < -0.4 is 16.2 Å². The van der Waals surface area contributed by atoms with E-state index in [0.29, 0.717) is 5.56 Å². The zero-order chi connectivity index (χ0) is 47.2. The summed E-state index contributed by atoms with van der Waals surface area (Å²) in [4.78, 5) is 65.9. The number of alkyl halides is 2. The quantitative estimate of drug-likeness (QED) is 0.0793. The topological polar surface area (TPSA) is 267 Å². The van der Waals surface area contributed by atoms with Crippen molar-refractivity contribution in [2.24, 2.45) is 5.92 Å². The van der Waals surface area contributed by atoms with Crippen LogP contribution in [0.3, 0.4) is 0 Å². The average Bonchev–Trinajstić information content (AvgIpc) is 4.10. The van der Waals surface area contributed by atoms with E-state index in [0.717, 1.165) is 0 Å². The van der Waals surface area contributed by atoms with E-state index in [1.54, 1.807) is 56.6 Å². The number of aromatic amines is 1. The molecule has 352 valence electrons. The maximum Gasteiger partial charge on any atom is 0.327 e. The summed E-state index contributed by atoms with van der Waals surface area (Å²) in [6, 6.07) is 16.1. The highest BCUT2D eigenvalue weighted by Crippen LogP contribution is 2.57. The molecule has 28 heteroatoms. The van der Waals surface area contributed by atoms with Crippen LogP contribution in [0.25, 0.3) is 22.3 Å². The summed E-state index contributed by atoms with van der Waals surface area (Å²) in [6.45, 7) is -2.11. The molecule has 3 aliphatic rings. The minimum Gasteiger partial charge on any atom is -0.346 e. The number of fused-ring (bicyclic) bond motifs is 5. The van der Waals surface area contributed by atoms with Gasteiger partial charge in [0, 0.05) is 23.9 Å². The highest BCUT2D eigenvalue weighted by molar-refractivity contribution is 8.41. The molecule has 8 heterocycles. The van der Waals surface area contributed by atoms with Crippen molar-refractivity contribution in [3.8, 4) is 6.07 Å². The standard InChI is InChI=1S/C34H35F2N11O10P2S2.C5H5N/c1-16(2)29(48)44-34-43-28-23(31(50)45-34)41-15-47(28)33-25-20(35)18(54-33)11-51-58(60)56-24-19(12-53-59(61,57-25)52-10-6-9-37)55-32(21(24)36)46-14-40-22-26(38-13-39-27(22)46)42-30(49)17-7-4-3-5-8-17;1-2-4-6-5-3-1/h3-5,7-8,13-16,18-21,24-25,32-33,60H,6,10-12H2,1-2H3,(H,38,39,42,49)(H2,43,44,45,48,50);1-5H/t18-,19-,20-,21+,24-,25-,32-,33-,58?,59?;/m1./s1. The molecule has 1 aromatic carbocycles. The van der Waals surface area contributed by atoms with Crippen LogP contribution in [-0.4, -0.2) is 112 Å². The van der Waals surface area contributed by atoms with Crippen LogP contribution in [0.1, 0.15) is 43.1 Å². The molecule has 10 atom stereocenters. The third kappa shape index (κ3) is 10.9. The minimum atomic E-state index is -4.10. The van der Waals surface area contributed by atoms with E-state index < -0.39 is 100 Å². The molecular formula is C39H40F2N12O10P2S2. The van der Waals surface area contributed by atoms with Crippen molar-refractivity contribution >= 4 is 84.3 Å². The van der Waals surface area contributed by atoms with Gasteiger partial charge in [-0.15, -0.1) is 0 Å². The predicted molar refractivity (Wildman–Crippen MR) is 241 cm³/mol. The number of H-pyrrole nitrogens is 1. The number of imidazole rings is 2. The van der Waals surface area contributed by atoms with E-state index in [9.17, 15) is 19.6 Å². The monoisotopic (exact) mass is 1000 g/mol. The number of anilines is 2. The molecule has 6 aromatic rings. The first-order valence-corrected chi connectivity index (χ1v) is 25.2. The number of halogens is 2. The van der Waals surface area contributed by atoms with Gasteiger partial charge in [0.15, 0.2) is 52.9 Å². The summed E-state index contributed by atoms with van der Waals surface area (Å²) >= 11 is 10.2. The number of thiol groups is 1. The number of nitrogens with one attached hydrogen (secondary N) is 3. The normalized spacial score (nSPS) is 27.4. The van der Waals surface area contributed by atoms with Crippen molar-refractivity contribution in [1.82, 2.24) is 44.0 Å². The molecule has 9 rings (SSSR count). The molecule has 3 saturated heterocycles. The van der Waals surface area contributed by atoms with Crippen molar-refractivity contribution in [1.29, 1.82) is 5.26 Å². The molecule has 0 saturated carbocycles. The SMILES string of the molecule is CC(C)C(=O)Nc1nc2c(ncn2[C@@H]2O[C@@H]3COP(S)O[C@H]4[C@H](F)[C@H](n5cnc6c(NC(=O)c7ccccc7)ncnc65)O[C@@H]4COP(=S)(OCCC#N)O[C@@H]2[C@@H]3F)c(=O)[nH]1.c1ccncc1. The molecule has 3 aliphatic heterocycles. The molecule has 3 fully saturated rings. The summed E-state index contributed by atoms with van der Waals surface area (Å²) < 4.78 is 78.0. The molecule has 2 amide bonds. The second-order valence-electron chi connectivity index (χ2n) is 15.0. The number of amides is 2. The second kappa shape index (κ2) is 21.3. The molecule has 0 spiro atoms. The number of hydrogen-bond acceptors (Lipinski definition) is 19. The smallest absolute Gasteiger partial charge is 0.327 e. The lowest BCUT2D eigenvalue weighted by Gasteiger charge is -2.29. The van der Waals surface area contributed by atoms with Crippen molar-refractivity contribution in [3.05, 3.63) is 95.8 Å². The predicted octanol–water partition coefficient (Wildman–Crippen LogP) is 5.49. The number of benzene rings is 1. The highest BCUT2D eigenvalue weighted by atomic mass is 32.7. The van der Waals surface area contributed by atoms with Gasteiger partial charge in [0.2, 0.25) is 19.4 Å². The zero-order valence-corrected chi connectivity index (χ0v) is 38.6. The molecule has 67 heavy (non-hydrogen) atoms. The van der Waals surface area contributed by atoms with E-state index in [-0.39, 0.29) is 47.1 Å². The number of hydrogen-bond donors (Lipinski definition) is 4. The number of nitriles is 1. The zero-order valence-electron chi connectivity index (χ0n) is 35.1. The lowest BCUT2D eigenvalue weighted by molar-refractivity contribution is -0.118. The third-order valence-electron chi connectivity index (χ3n) is 10.1. The number of rotatable bonds is 9. The molecule has 3 N–H and O–H groups in total. The summed E-state index contributed by atoms with van der Waals surface area (Å²) in [5.41, 5.74) is -0.331. The molecule has 2 unspecified atom stereocenters. The Balaban J connectivity index is 0.000000940. The van der Waals surface area contributed by atoms with Gasteiger partial charge in [-0.2, -0.15) is 10.2 Å². The molecule has 22 nitrogen and oxygen atoms in total. The number of ether oxygens (including phenoxy) is 2. The Bertz CT molecular complexity index is 2820. The summed E-state index contributed by atoms with van der Waals surface area (Å²) in [5, 5.41) is 14.5. The van der Waals surface area contributed by atoms with Crippen molar-refractivity contribution in [2.45, 2.75) is 69.5 Å². The first kappa shape index (κ1) is 48.2. The highest BCUT2D eigenvalue weighted by Gasteiger charge is 2.53. The first-order valence-electron chi connectivity index (χ1n) is 20.3. The Morgan fingerprint density at radius 3 is 2.39 bits per heavy atom. The number of aromatic nitrogens is 9. The summed E-state index contributed by atoms with van der Waals surface area (Å²) in [7, 11) is -2.25. The van der Waals surface area contributed by atoms with Crippen LogP contribution in [0.5, 0.6) is 0 Å². The number of carbonyl (C=O) groups excluding carboxylic acids is 2. The van der Waals surface area contributed by atoms with E-state index in [1.165, 1.54) is 28.1 Å². The largest absolute Gasteiger partial charge is 0.346 e. The number of pyridine rings is 1. The second-order valence-corrected chi connectivity index (χ2v) is 19.8. The van der Waals surface area contributed by atoms with Crippen LogP contribution in [0.2, 0.25) is 0 Å². The van der Waals surface area contributed by atoms with Gasteiger partial charge in [-0.25, -0.2) is 28.7 Å². The van der Waals surface area contributed by atoms with Gasteiger partial charge in [-0.05, 0) is 36.1 Å². The number of nitrogens with zero attached hydrogens (tertiary/aromatic N) is 9. The Kier molecular flexibility index (Phi) is 15.3. The van der Waals surface area contributed by atoms with E-state index in [1.807, 2.05) is 24.3 Å². The van der Waals surface area contributed by atoms with Gasteiger partial charge in [-0.1, -0.05) is 50.4 Å². The fraction of sp³-hybridized carbons (Fsp3) is 0.385. The van der Waals surface area contributed by atoms with Crippen LogP contribution in [0.4, 0.5) is 20.5 Å². The molecule has 5 aromatic heterocycles. The summed E-state index contributed by atoms with van der Waals surface area (Å²) in [6.07, 6.45) is -5.52. The third-order valence-corrected chi connectivity index (χ3v) is 13.9. The maximum absolute atomic E-state index is 16.7. The van der Waals surface area contributed by atoms with Gasteiger partial charge < -0.3 is 32.9 Å². The van der Waals surface area contributed by atoms with E-state index in [2.05, 4.69) is 57.8 Å². The van der Waals surface area contributed by atoms with Crippen molar-refractivity contribution in [3.63, 3.8) is 0 Å². The maximum atomic E-state index is 16.7. The molecule has 0 radical (unpaired) electrons. The molecule has 2 bridgehead atoms. The Morgan fingerprint density at radius 1 is 0.970 bits per heavy atom. The van der Waals surface area contributed by atoms with Gasteiger partial charge in [0.05, 0.1) is 45.0 Å². The van der Waals surface area contributed by atoms with Crippen LogP contribution in [-0.2, 0) is 48.7 Å². The van der Waals surface area contributed by atoms with Gasteiger partial charge in [0.1, 0.15) is 30.7 Å². The van der Waals surface area contributed by atoms with E-state index >= 15 is 8.78 Å². The average molecular weight is 1000 g/mol. The van der Waals surface area contributed by atoms with Crippen LogP contribution in [0, 0.1) is 17.2 Å². The van der Waals surface area contributed by atoms with Gasteiger partial charge in [-0.3, -0.25) is 43.3 Å². The lowest BCUT2D eigenvalue weighted by Crippen LogP contribution is -2.33. The molecule has 0 aliphatic carbocycles. The Hall–Kier alpha value is -5.29. The Morgan fingerprint density at radius 2 is 1.69 bits per heavy atom. The van der Waals surface area contributed by atoms with Crippen molar-refractivity contribution < 1.29 is 50.5 Å². The lowest BCUT2D eigenvalue weighted by atomic mass is 10.1. The fourth-order valence-electron chi connectivity index (χ4n) is 6.87. The van der Waals surface area contributed by atoms with Crippen molar-refractivity contribution in [2.75, 3.05) is 30.5 Å². The minimum absolute atomic E-state index is 0.0683. The Labute approximate surface area is 390 Å². The van der Waals surface area contributed by atoms with Crippen LogP contribution >= 0.6 is 26.5 Å². The van der Waals surface area contributed by atoms with Gasteiger partial charge in [0.25, 0.3) is 11.5 Å². The van der Waals surface area contributed by atoms with E-state index in [4.69, 9.17) is 43.9 Å². The van der Waals surface area contributed by atoms with Gasteiger partial charge >= 0.3 is 6.72 Å². The van der Waals surface area contributed by atoms with Crippen LogP contribution in [0.15, 0.2) is 84.7 Å². The number of carbonyl (C=O) groups is 2. The fourth-order valence-corrected chi connectivity index (χ4v) is 10.3. The summed E-state index contributed by atoms with van der Waals surface area (Å²) in [5.74, 6) is -1.46. The first-order chi connectivity index (χ1) is 32.3.